The van der Waals surface area contributed by atoms with Gasteiger partial charge in [-0.15, -0.1) is 0 Å². The molecule has 0 saturated heterocycles. The molecule has 1 aromatic carbocycles. The summed E-state index contributed by atoms with van der Waals surface area (Å²) >= 11 is 0. The molecule has 3 N–H and O–H groups in total. The summed E-state index contributed by atoms with van der Waals surface area (Å²) in [5.41, 5.74) is 5.42. The molecule has 8 heteroatoms. The highest BCUT2D eigenvalue weighted by atomic mass is 32.2. The number of nitrogen functional groups attached to an aromatic ring is 1. The number of rotatable bonds is 6. The molecule has 0 aromatic heterocycles. The van der Waals surface area contributed by atoms with Crippen molar-refractivity contribution in [3.8, 4) is 5.75 Å². The van der Waals surface area contributed by atoms with Crippen LogP contribution in [0.4, 0.5) is 10.1 Å². The van der Waals surface area contributed by atoms with Gasteiger partial charge in [-0.05, 0) is 12.1 Å². The van der Waals surface area contributed by atoms with E-state index in [-0.39, 0.29) is 29.5 Å². The molecule has 0 amide bonds. The summed E-state index contributed by atoms with van der Waals surface area (Å²) in [5.74, 6) is -1.00. The van der Waals surface area contributed by atoms with E-state index in [1.165, 1.54) is 14.2 Å². The Labute approximate surface area is 105 Å². The van der Waals surface area contributed by atoms with E-state index in [1.54, 1.807) is 0 Å². The number of nitrogens with two attached hydrogens (primary N) is 1. The lowest BCUT2D eigenvalue weighted by Crippen LogP contribution is -2.27. The Bertz CT molecular complexity index is 496. The first-order chi connectivity index (χ1) is 8.42. The third-order valence-electron chi connectivity index (χ3n) is 2.16. The van der Waals surface area contributed by atoms with Gasteiger partial charge in [0.25, 0.3) is 0 Å². The fourth-order valence-electron chi connectivity index (χ4n) is 1.32. The summed E-state index contributed by atoms with van der Waals surface area (Å²) in [5, 5.41) is 0. The van der Waals surface area contributed by atoms with E-state index < -0.39 is 15.8 Å². The second-order valence-corrected chi connectivity index (χ2v) is 5.19. The van der Waals surface area contributed by atoms with Gasteiger partial charge in [-0.25, -0.2) is 17.5 Å². The molecular weight excluding hydrogens is 263 g/mol. The molecule has 0 aliphatic carbocycles. The summed E-state index contributed by atoms with van der Waals surface area (Å²) in [6.07, 6.45) is 0. The predicted molar refractivity (Wildman–Crippen MR) is 64.4 cm³/mol. The van der Waals surface area contributed by atoms with E-state index in [9.17, 15) is 12.8 Å². The predicted octanol–water partition coefficient (Wildman–Crippen LogP) is 0.341. The molecule has 0 unspecified atom stereocenters. The fraction of sp³-hybridized carbons (Fsp3) is 0.400. The van der Waals surface area contributed by atoms with E-state index in [2.05, 4.69) is 4.72 Å². The van der Waals surface area contributed by atoms with E-state index in [0.29, 0.717) is 0 Å². The lowest BCUT2D eigenvalue weighted by Gasteiger charge is -2.10. The van der Waals surface area contributed by atoms with Gasteiger partial charge in [0, 0.05) is 13.7 Å². The topological polar surface area (TPSA) is 90.7 Å². The van der Waals surface area contributed by atoms with Gasteiger partial charge in [0.1, 0.15) is 0 Å². The summed E-state index contributed by atoms with van der Waals surface area (Å²) in [6, 6.07) is 1.99. The number of halogens is 1. The molecule has 0 saturated carbocycles. The van der Waals surface area contributed by atoms with Gasteiger partial charge in [0.05, 0.1) is 24.3 Å². The Hall–Kier alpha value is -1.38. The van der Waals surface area contributed by atoms with Gasteiger partial charge in [-0.3, -0.25) is 0 Å². The van der Waals surface area contributed by atoms with Crippen LogP contribution in [0.1, 0.15) is 0 Å². The zero-order valence-corrected chi connectivity index (χ0v) is 10.9. The molecule has 0 atom stereocenters. The van der Waals surface area contributed by atoms with E-state index in [1.807, 2.05) is 0 Å². The molecule has 1 aromatic rings. The SMILES string of the molecule is COCCNS(=O)(=O)c1cc(N)c(OC)c(F)c1. The van der Waals surface area contributed by atoms with Gasteiger partial charge in [-0.1, -0.05) is 0 Å². The number of methoxy groups -OCH3 is 2. The van der Waals surface area contributed by atoms with Crippen LogP contribution in [0.5, 0.6) is 5.75 Å². The second-order valence-electron chi connectivity index (χ2n) is 3.42. The van der Waals surface area contributed by atoms with Crippen molar-refractivity contribution in [2.75, 3.05) is 33.1 Å². The smallest absolute Gasteiger partial charge is 0.240 e. The zero-order valence-electron chi connectivity index (χ0n) is 10.1. The standard InChI is InChI=1S/C10H15FN2O4S/c1-16-4-3-13-18(14,15)7-5-8(11)10(17-2)9(12)6-7/h5-6,13H,3-4,12H2,1-2H3. The first-order valence-electron chi connectivity index (χ1n) is 5.04. The van der Waals surface area contributed by atoms with E-state index in [0.717, 1.165) is 12.1 Å². The summed E-state index contributed by atoms with van der Waals surface area (Å²) in [4.78, 5) is -0.255. The highest BCUT2D eigenvalue weighted by Crippen LogP contribution is 2.28. The van der Waals surface area contributed by atoms with Crippen LogP contribution in [0.2, 0.25) is 0 Å². The van der Waals surface area contributed by atoms with Gasteiger partial charge < -0.3 is 15.2 Å². The number of ether oxygens (including phenoxy) is 2. The number of benzene rings is 1. The molecular formula is C10H15FN2O4S. The normalized spacial score (nSPS) is 11.5. The first-order valence-corrected chi connectivity index (χ1v) is 6.52. The van der Waals surface area contributed by atoms with Crippen molar-refractivity contribution in [3.05, 3.63) is 17.9 Å². The molecule has 102 valence electrons. The van der Waals surface area contributed by atoms with Gasteiger partial charge in [0.15, 0.2) is 11.6 Å². The summed E-state index contributed by atoms with van der Waals surface area (Å²) < 4.78 is 48.7. The maximum absolute atomic E-state index is 13.5. The highest BCUT2D eigenvalue weighted by Gasteiger charge is 2.18. The molecule has 0 spiro atoms. The molecule has 0 heterocycles. The molecule has 0 aliphatic heterocycles. The van der Waals surface area contributed by atoms with Crippen molar-refractivity contribution in [2.24, 2.45) is 0 Å². The van der Waals surface area contributed by atoms with Crippen LogP contribution in [0.15, 0.2) is 17.0 Å². The van der Waals surface area contributed by atoms with E-state index in [4.69, 9.17) is 15.2 Å². The minimum atomic E-state index is -3.81. The van der Waals surface area contributed by atoms with Crippen molar-refractivity contribution in [1.82, 2.24) is 4.72 Å². The van der Waals surface area contributed by atoms with Gasteiger partial charge in [0.2, 0.25) is 10.0 Å². The monoisotopic (exact) mass is 278 g/mol. The molecule has 0 radical (unpaired) electrons. The number of sulfonamides is 1. The Morgan fingerprint density at radius 1 is 1.39 bits per heavy atom. The fourth-order valence-corrected chi connectivity index (χ4v) is 2.38. The van der Waals surface area contributed by atoms with Crippen molar-refractivity contribution >= 4 is 15.7 Å². The Morgan fingerprint density at radius 3 is 2.56 bits per heavy atom. The zero-order chi connectivity index (χ0) is 13.8. The average Bonchev–Trinajstić information content (AvgIpc) is 2.28. The van der Waals surface area contributed by atoms with Crippen LogP contribution in [-0.2, 0) is 14.8 Å². The molecule has 0 aliphatic rings. The first kappa shape index (κ1) is 14.7. The third kappa shape index (κ3) is 3.31. The lowest BCUT2D eigenvalue weighted by atomic mass is 10.3. The maximum atomic E-state index is 13.5. The van der Waals surface area contributed by atoms with Crippen LogP contribution in [0.25, 0.3) is 0 Å². The van der Waals surface area contributed by atoms with Crippen LogP contribution >= 0.6 is 0 Å². The van der Waals surface area contributed by atoms with Crippen LogP contribution in [0.3, 0.4) is 0 Å². The molecule has 18 heavy (non-hydrogen) atoms. The summed E-state index contributed by atoms with van der Waals surface area (Å²) in [7, 11) is -1.11. The quantitative estimate of drug-likeness (QED) is 0.578. The minimum Gasteiger partial charge on any atom is -0.492 e. The molecule has 6 nitrogen and oxygen atoms in total. The number of hydrogen-bond acceptors (Lipinski definition) is 5. The van der Waals surface area contributed by atoms with E-state index >= 15 is 0 Å². The van der Waals surface area contributed by atoms with Crippen molar-refractivity contribution in [3.63, 3.8) is 0 Å². The van der Waals surface area contributed by atoms with Crippen LogP contribution in [-0.4, -0.2) is 35.8 Å². The summed E-state index contributed by atoms with van der Waals surface area (Å²) in [6.45, 7) is 0.305. The lowest BCUT2D eigenvalue weighted by molar-refractivity contribution is 0.204. The second kappa shape index (κ2) is 5.98. The highest BCUT2D eigenvalue weighted by molar-refractivity contribution is 7.89. The Kier molecular flexibility index (Phi) is 4.88. The average molecular weight is 278 g/mol. The number of hydrogen-bond donors (Lipinski definition) is 2. The minimum absolute atomic E-state index is 0.0791. The van der Waals surface area contributed by atoms with Crippen molar-refractivity contribution in [2.45, 2.75) is 4.90 Å². The van der Waals surface area contributed by atoms with Crippen LogP contribution < -0.4 is 15.2 Å². The Balaban J connectivity index is 3.03. The molecule has 0 fully saturated rings. The van der Waals surface area contributed by atoms with Crippen molar-refractivity contribution < 1.29 is 22.3 Å². The van der Waals surface area contributed by atoms with Crippen molar-refractivity contribution in [1.29, 1.82) is 0 Å². The Morgan fingerprint density at radius 2 is 2.06 bits per heavy atom. The number of nitrogens with one attached hydrogen (secondary N) is 1. The molecule has 1 rings (SSSR count). The van der Waals surface area contributed by atoms with Gasteiger partial charge in [-0.2, -0.15) is 0 Å². The third-order valence-corrected chi connectivity index (χ3v) is 3.60. The van der Waals surface area contributed by atoms with Gasteiger partial charge >= 0.3 is 0 Å². The maximum Gasteiger partial charge on any atom is 0.240 e. The van der Waals surface area contributed by atoms with Crippen LogP contribution in [0, 0.1) is 5.82 Å². The number of anilines is 1. The molecule has 0 bridgehead atoms. The largest absolute Gasteiger partial charge is 0.492 e.